The van der Waals surface area contributed by atoms with E-state index >= 15 is 0 Å². The molecule has 0 spiro atoms. The summed E-state index contributed by atoms with van der Waals surface area (Å²) in [6.07, 6.45) is 2.81. The molecule has 0 aliphatic carbocycles. The number of nitrogens with zero attached hydrogens (tertiary/aromatic N) is 2. The molecule has 1 rings (SSSR count). The number of carbonyl (C=O) groups is 1. The maximum absolute atomic E-state index is 12.3. The maximum atomic E-state index is 12.3. The Morgan fingerprint density at radius 2 is 2.10 bits per heavy atom. The van der Waals surface area contributed by atoms with E-state index in [-0.39, 0.29) is 12.5 Å². The van der Waals surface area contributed by atoms with Crippen LogP contribution in [0.5, 0.6) is 0 Å². The van der Waals surface area contributed by atoms with Gasteiger partial charge in [0.05, 0.1) is 5.69 Å². The molecule has 1 aromatic heterocycles. The summed E-state index contributed by atoms with van der Waals surface area (Å²) in [4.78, 5) is 12.3. The van der Waals surface area contributed by atoms with Gasteiger partial charge in [-0.2, -0.15) is 5.10 Å². The van der Waals surface area contributed by atoms with Crippen LogP contribution in [-0.4, -0.2) is 33.9 Å². The molecule has 1 atom stereocenters. The fraction of sp³-hybridized carbons (Fsp3) is 0.750. The lowest BCUT2D eigenvalue weighted by Crippen LogP contribution is -2.31. The molecule has 120 valence electrons. The van der Waals surface area contributed by atoms with Crippen LogP contribution in [0.2, 0.25) is 0 Å². The molecule has 1 amide bonds. The fourth-order valence-electron chi connectivity index (χ4n) is 2.41. The van der Waals surface area contributed by atoms with Crippen LogP contribution in [0.15, 0.2) is 6.07 Å². The van der Waals surface area contributed by atoms with E-state index in [1.807, 2.05) is 13.0 Å². The zero-order chi connectivity index (χ0) is 15.8. The Hall–Kier alpha value is -1.36. The van der Waals surface area contributed by atoms with Crippen molar-refractivity contribution < 1.29 is 9.90 Å². The number of rotatable bonds is 9. The lowest BCUT2D eigenvalue weighted by molar-refractivity contribution is 0.0932. The standard InChI is InChI=1S/C16H29N3O2/c1-5-7-13(8-9-20)11-17-16(21)15-10-14(12(3)4)18-19(15)6-2/h10,12-13,20H,5-9,11H2,1-4H3,(H,17,21). The highest BCUT2D eigenvalue weighted by Crippen LogP contribution is 2.15. The summed E-state index contributed by atoms with van der Waals surface area (Å²) >= 11 is 0. The van der Waals surface area contributed by atoms with Crippen molar-refractivity contribution in [3.8, 4) is 0 Å². The Kier molecular flexibility index (Phi) is 7.43. The molecular formula is C16H29N3O2. The zero-order valence-corrected chi connectivity index (χ0v) is 13.7. The third-order valence-corrected chi connectivity index (χ3v) is 3.71. The molecule has 1 heterocycles. The molecule has 0 aromatic carbocycles. The first kappa shape index (κ1) is 17.7. The van der Waals surface area contributed by atoms with Crippen LogP contribution in [0.3, 0.4) is 0 Å². The Morgan fingerprint density at radius 1 is 1.38 bits per heavy atom. The van der Waals surface area contributed by atoms with Gasteiger partial charge in [0.15, 0.2) is 0 Å². The molecule has 0 saturated carbocycles. The van der Waals surface area contributed by atoms with Crippen molar-refractivity contribution >= 4 is 5.91 Å². The smallest absolute Gasteiger partial charge is 0.269 e. The second-order valence-corrected chi connectivity index (χ2v) is 5.80. The molecule has 0 saturated heterocycles. The van der Waals surface area contributed by atoms with Crippen molar-refractivity contribution in [1.29, 1.82) is 0 Å². The molecule has 1 unspecified atom stereocenters. The predicted molar refractivity (Wildman–Crippen MR) is 84.4 cm³/mol. The van der Waals surface area contributed by atoms with E-state index in [1.54, 1.807) is 4.68 Å². The SMILES string of the molecule is CCCC(CCO)CNC(=O)c1cc(C(C)C)nn1CC. The van der Waals surface area contributed by atoms with Crippen molar-refractivity contribution in [3.63, 3.8) is 0 Å². The maximum Gasteiger partial charge on any atom is 0.269 e. The minimum Gasteiger partial charge on any atom is -0.396 e. The summed E-state index contributed by atoms with van der Waals surface area (Å²) in [5.74, 6) is 0.577. The van der Waals surface area contributed by atoms with Gasteiger partial charge in [-0.05, 0) is 37.7 Å². The van der Waals surface area contributed by atoms with Crippen molar-refractivity contribution in [1.82, 2.24) is 15.1 Å². The third kappa shape index (κ3) is 5.16. The van der Waals surface area contributed by atoms with Crippen LogP contribution in [0.4, 0.5) is 0 Å². The van der Waals surface area contributed by atoms with Crippen LogP contribution in [-0.2, 0) is 6.54 Å². The highest BCUT2D eigenvalue weighted by atomic mass is 16.3. The van der Waals surface area contributed by atoms with Gasteiger partial charge in [0.2, 0.25) is 0 Å². The first-order valence-electron chi connectivity index (χ1n) is 8.00. The number of amides is 1. The monoisotopic (exact) mass is 295 g/mol. The van der Waals surface area contributed by atoms with E-state index in [0.717, 1.165) is 25.0 Å². The Labute approximate surface area is 127 Å². The van der Waals surface area contributed by atoms with Gasteiger partial charge in [0, 0.05) is 19.7 Å². The van der Waals surface area contributed by atoms with Crippen molar-refractivity contribution in [2.45, 2.75) is 59.4 Å². The van der Waals surface area contributed by atoms with E-state index in [0.29, 0.717) is 30.6 Å². The number of aryl methyl sites for hydroxylation is 1. The second-order valence-electron chi connectivity index (χ2n) is 5.80. The number of aromatic nitrogens is 2. The summed E-state index contributed by atoms with van der Waals surface area (Å²) in [6.45, 7) is 9.71. The molecule has 0 aliphatic heterocycles. The van der Waals surface area contributed by atoms with E-state index in [1.165, 1.54) is 0 Å². The van der Waals surface area contributed by atoms with Gasteiger partial charge in [0.25, 0.3) is 5.91 Å². The summed E-state index contributed by atoms with van der Waals surface area (Å²) in [6, 6.07) is 1.88. The highest BCUT2D eigenvalue weighted by Gasteiger charge is 2.17. The van der Waals surface area contributed by atoms with Gasteiger partial charge < -0.3 is 10.4 Å². The molecule has 5 heteroatoms. The number of hydrogen-bond acceptors (Lipinski definition) is 3. The first-order chi connectivity index (χ1) is 10.0. The molecule has 2 N–H and O–H groups in total. The zero-order valence-electron chi connectivity index (χ0n) is 13.7. The van der Waals surface area contributed by atoms with Crippen LogP contribution < -0.4 is 5.32 Å². The summed E-state index contributed by atoms with van der Waals surface area (Å²) in [5.41, 5.74) is 1.57. The number of aliphatic hydroxyl groups is 1. The van der Waals surface area contributed by atoms with Gasteiger partial charge in [0.1, 0.15) is 5.69 Å². The Morgan fingerprint density at radius 3 is 2.62 bits per heavy atom. The summed E-state index contributed by atoms with van der Waals surface area (Å²) in [5, 5.41) is 16.5. The lowest BCUT2D eigenvalue weighted by atomic mass is 10.0. The van der Waals surface area contributed by atoms with Crippen molar-refractivity contribution in [2.75, 3.05) is 13.2 Å². The van der Waals surface area contributed by atoms with Crippen LogP contribution >= 0.6 is 0 Å². The number of aliphatic hydroxyl groups excluding tert-OH is 1. The molecule has 0 radical (unpaired) electrons. The second kappa shape index (κ2) is 8.82. The van der Waals surface area contributed by atoms with Crippen LogP contribution in [0.25, 0.3) is 0 Å². The first-order valence-corrected chi connectivity index (χ1v) is 8.00. The topological polar surface area (TPSA) is 67.2 Å². The molecule has 1 aromatic rings. The quantitative estimate of drug-likeness (QED) is 0.735. The highest BCUT2D eigenvalue weighted by molar-refractivity contribution is 5.92. The molecule has 5 nitrogen and oxygen atoms in total. The third-order valence-electron chi connectivity index (χ3n) is 3.71. The Balaban J connectivity index is 2.70. The minimum atomic E-state index is -0.0738. The van der Waals surface area contributed by atoms with Crippen molar-refractivity contribution in [2.24, 2.45) is 5.92 Å². The van der Waals surface area contributed by atoms with Gasteiger partial charge in [-0.3, -0.25) is 9.48 Å². The van der Waals surface area contributed by atoms with Crippen LogP contribution in [0, 0.1) is 5.92 Å². The van der Waals surface area contributed by atoms with E-state index in [9.17, 15) is 4.79 Å². The number of nitrogens with one attached hydrogen (secondary N) is 1. The van der Waals surface area contributed by atoms with Crippen molar-refractivity contribution in [3.05, 3.63) is 17.5 Å². The predicted octanol–water partition coefficient (Wildman–Crippen LogP) is 2.55. The molecular weight excluding hydrogens is 266 g/mol. The van der Waals surface area contributed by atoms with Crippen LogP contribution in [0.1, 0.15) is 69.1 Å². The number of carbonyl (C=O) groups excluding carboxylic acids is 1. The average Bonchev–Trinajstić information content (AvgIpc) is 2.89. The van der Waals surface area contributed by atoms with E-state index in [2.05, 4.69) is 31.2 Å². The van der Waals surface area contributed by atoms with Gasteiger partial charge in [-0.25, -0.2) is 0 Å². The fourth-order valence-corrected chi connectivity index (χ4v) is 2.41. The molecule has 0 bridgehead atoms. The lowest BCUT2D eigenvalue weighted by Gasteiger charge is -2.15. The number of hydrogen-bond donors (Lipinski definition) is 2. The average molecular weight is 295 g/mol. The van der Waals surface area contributed by atoms with Gasteiger partial charge in [-0.15, -0.1) is 0 Å². The summed E-state index contributed by atoms with van der Waals surface area (Å²) in [7, 11) is 0. The molecule has 21 heavy (non-hydrogen) atoms. The van der Waals surface area contributed by atoms with E-state index < -0.39 is 0 Å². The van der Waals surface area contributed by atoms with Gasteiger partial charge in [-0.1, -0.05) is 27.2 Å². The minimum absolute atomic E-state index is 0.0738. The van der Waals surface area contributed by atoms with E-state index in [4.69, 9.17) is 5.11 Å². The normalized spacial score (nSPS) is 12.7. The molecule has 0 aliphatic rings. The Bertz CT molecular complexity index is 435. The van der Waals surface area contributed by atoms with Gasteiger partial charge >= 0.3 is 0 Å². The largest absolute Gasteiger partial charge is 0.396 e. The molecule has 0 fully saturated rings. The summed E-state index contributed by atoms with van der Waals surface area (Å²) < 4.78 is 1.76.